The van der Waals surface area contributed by atoms with Crippen molar-refractivity contribution in [1.29, 1.82) is 0 Å². The average molecular weight is 246 g/mol. The van der Waals surface area contributed by atoms with Crippen LogP contribution in [0.5, 0.6) is 0 Å². The Morgan fingerprint density at radius 1 is 1.53 bits per heavy atom. The fourth-order valence-electron chi connectivity index (χ4n) is 1.65. The van der Waals surface area contributed by atoms with Gasteiger partial charge in [0.05, 0.1) is 0 Å². The summed E-state index contributed by atoms with van der Waals surface area (Å²) >= 11 is 1.31. The van der Waals surface area contributed by atoms with Gasteiger partial charge >= 0.3 is 0 Å². The van der Waals surface area contributed by atoms with Crippen LogP contribution in [0.2, 0.25) is 0 Å². The molecular weight excluding hydrogens is 232 g/mol. The second-order valence-electron chi connectivity index (χ2n) is 3.78. The maximum Gasteiger partial charge on any atom is 0.252 e. The number of hydrogen-bond donors (Lipinski definition) is 1. The second-order valence-corrected chi connectivity index (χ2v) is 7.23. The minimum absolute atomic E-state index is 0.0131. The molecule has 15 heavy (non-hydrogen) atoms. The molecule has 4 nitrogen and oxygen atoms in total. The van der Waals surface area contributed by atoms with Crippen LogP contribution in [0.25, 0.3) is 0 Å². The molecule has 6 heteroatoms. The summed E-state index contributed by atoms with van der Waals surface area (Å²) < 4.78 is 26.0. The van der Waals surface area contributed by atoms with E-state index in [0.29, 0.717) is 17.3 Å². The summed E-state index contributed by atoms with van der Waals surface area (Å²) in [6.07, 6.45) is 0.754. The van der Waals surface area contributed by atoms with Crippen molar-refractivity contribution < 1.29 is 8.42 Å². The van der Waals surface area contributed by atoms with E-state index < -0.39 is 10.0 Å². The molecule has 2 N–H and O–H groups in total. The van der Waals surface area contributed by atoms with E-state index in [4.69, 9.17) is 5.73 Å². The van der Waals surface area contributed by atoms with Gasteiger partial charge in [-0.1, -0.05) is 0 Å². The number of nitrogens with zero attached hydrogens (tertiary/aromatic N) is 1. The van der Waals surface area contributed by atoms with Crippen molar-refractivity contribution in [2.24, 2.45) is 5.73 Å². The summed E-state index contributed by atoms with van der Waals surface area (Å²) in [4.78, 5) is 1.01. The van der Waals surface area contributed by atoms with Crippen LogP contribution in [0.1, 0.15) is 11.3 Å². The molecule has 84 valence electrons. The number of sulfonamides is 1. The van der Waals surface area contributed by atoms with Crippen LogP contribution in [0.4, 0.5) is 0 Å². The zero-order chi connectivity index (χ0) is 11.1. The zero-order valence-electron chi connectivity index (χ0n) is 8.51. The van der Waals surface area contributed by atoms with E-state index in [1.807, 2.05) is 13.0 Å². The number of aryl methyl sites for hydroxylation is 1. The Bertz CT molecular complexity index is 452. The molecule has 0 unspecified atom stereocenters. The molecule has 1 aliphatic heterocycles. The smallest absolute Gasteiger partial charge is 0.252 e. The topological polar surface area (TPSA) is 63.4 Å². The highest BCUT2D eigenvalue weighted by atomic mass is 32.2. The molecular formula is C9H14N2O2S2. The minimum Gasteiger partial charge on any atom is -0.326 e. The van der Waals surface area contributed by atoms with Crippen LogP contribution in [-0.2, 0) is 10.0 Å². The first-order chi connectivity index (χ1) is 7.00. The lowest BCUT2D eigenvalue weighted by Crippen LogP contribution is -2.31. The fourth-order valence-corrected chi connectivity index (χ4v) is 4.60. The SMILES string of the molecule is Cc1ccc(S(=O)(=O)N2CC[C@@H](N)C2)s1. The second kappa shape index (κ2) is 3.86. The van der Waals surface area contributed by atoms with Gasteiger partial charge in [0.2, 0.25) is 0 Å². The molecule has 0 bridgehead atoms. The molecule has 1 fully saturated rings. The van der Waals surface area contributed by atoms with Gasteiger partial charge in [-0.15, -0.1) is 11.3 Å². The van der Waals surface area contributed by atoms with Gasteiger partial charge in [-0.2, -0.15) is 4.31 Å². The normalized spacial score (nSPS) is 23.5. The standard InChI is InChI=1S/C9H14N2O2S2/c1-7-2-3-9(14-7)15(12,13)11-5-4-8(10)6-11/h2-3,8H,4-6,10H2,1H3/t8-/m1/s1. The molecule has 0 radical (unpaired) electrons. The van der Waals surface area contributed by atoms with Crippen molar-refractivity contribution in [2.45, 2.75) is 23.6 Å². The molecule has 1 atom stereocenters. The van der Waals surface area contributed by atoms with E-state index >= 15 is 0 Å². The highest BCUT2D eigenvalue weighted by Gasteiger charge is 2.31. The molecule has 0 saturated carbocycles. The van der Waals surface area contributed by atoms with Gasteiger partial charge in [-0.05, 0) is 25.5 Å². The van der Waals surface area contributed by atoms with Gasteiger partial charge in [0.1, 0.15) is 4.21 Å². The van der Waals surface area contributed by atoms with Crippen molar-refractivity contribution in [3.8, 4) is 0 Å². The van der Waals surface area contributed by atoms with Crippen LogP contribution in [-0.4, -0.2) is 31.9 Å². The highest BCUT2D eigenvalue weighted by molar-refractivity contribution is 7.91. The van der Waals surface area contributed by atoms with Crippen LogP contribution in [0.3, 0.4) is 0 Å². The van der Waals surface area contributed by atoms with Gasteiger partial charge in [-0.25, -0.2) is 8.42 Å². The number of thiophene rings is 1. The Morgan fingerprint density at radius 2 is 2.27 bits per heavy atom. The van der Waals surface area contributed by atoms with Crippen LogP contribution >= 0.6 is 11.3 Å². The first kappa shape index (κ1) is 11.1. The van der Waals surface area contributed by atoms with Crippen molar-refractivity contribution in [1.82, 2.24) is 4.31 Å². The Balaban J connectivity index is 2.27. The van der Waals surface area contributed by atoms with Crippen LogP contribution in [0, 0.1) is 6.92 Å². The number of rotatable bonds is 2. The van der Waals surface area contributed by atoms with Gasteiger partial charge in [0, 0.05) is 24.0 Å². The third-order valence-corrected chi connectivity index (χ3v) is 5.83. The first-order valence-electron chi connectivity index (χ1n) is 4.82. The van der Waals surface area contributed by atoms with Crippen LogP contribution < -0.4 is 5.73 Å². The van der Waals surface area contributed by atoms with Gasteiger partial charge in [0.25, 0.3) is 10.0 Å². The van der Waals surface area contributed by atoms with E-state index in [0.717, 1.165) is 11.3 Å². The molecule has 0 spiro atoms. The van der Waals surface area contributed by atoms with Crippen molar-refractivity contribution in [3.63, 3.8) is 0 Å². The Hall–Kier alpha value is -0.430. The zero-order valence-corrected chi connectivity index (χ0v) is 10.1. The molecule has 1 aromatic heterocycles. The summed E-state index contributed by atoms with van der Waals surface area (Å²) in [5.74, 6) is 0. The summed E-state index contributed by atoms with van der Waals surface area (Å²) in [5, 5.41) is 0. The average Bonchev–Trinajstić information content (AvgIpc) is 2.74. The predicted molar refractivity (Wildman–Crippen MR) is 60.4 cm³/mol. The summed E-state index contributed by atoms with van der Waals surface area (Å²) in [5.41, 5.74) is 5.70. The van der Waals surface area contributed by atoms with E-state index in [1.165, 1.54) is 15.6 Å². The fraction of sp³-hybridized carbons (Fsp3) is 0.556. The number of hydrogen-bond acceptors (Lipinski definition) is 4. The molecule has 0 aromatic carbocycles. The molecule has 1 aliphatic rings. The first-order valence-corrected chi connectivity index (χ1v) is 7.08. The maximum atomic E-state index is 12.1. The Kier molecular flexibility index (Phi) is 2.85. The summed E-state index contributed by atoms with van der Waals surface area (Å²) in [6, 6.07) is 3.48. The largest absolute Gasteiger partial charge is 0.326 e. The lowest BCUT2D eigenvalue weighted by Gasteiger charge is -2.13. The summed E-state index contributed by atoms with van der Waals surface area (Å²) in [7, 11) is -3.28. The molecule has 0 aliphatic carbocycles. The van der Waals surface area contributed by atoms with Crippen molar-refractivity contribution in [2.75, 3.05) is 13.1 Å². The maximum absolute atomic E-state index is 12.1. The number of nitrogens with two attached hydrogens (primary N) is 1. The van der Waals surface area contributed by atoms with Gasteiger partial charge < -0.3 is 5.73 Å². The van der Waals surface area contributed by atoms with Crippen molar-refractivity contribution in [3.05, 3.63) is 17.0 Å². The molecule has 1 aromatic rings. The van der Waals surface area contributed by atoms with Gasteiger partial charge in [-0.3, -0.25) is 0 Å². The molecule has 0 amide bonds. The highest BCUT2D eigenvalue weighted by Crippen LogP contribution is 2.26. The van der Waals surface area contributed by atoms with Gasteiger partial charge in [0.15, 0.2) is 0 Å². The third kappa shape index (κ3) is 2.08. The van der Waals surface area contributed by atoms with E-state index in [9.17, 15) is 8.42 Å². The van der Waals surface area contributed by atoms with E-state index in [1.54, 1.807) is 6.07 Å². The molecule has 2 heterocycles. The molecule has 1 saturated heterocycles. The molecule has 2 rings (SSSR count). The quantitative estimate of drug-likeness (QED) is 0.838. The Labute approximate surface area is 93.8 Å². The van der Waals surface area contributed by atoms with Crippen molar-refractivity contribution >= 4 is 21.4 Å². The third-order valence-electron chi connectivity index (χ3n) is 2.50. The summed E-state index contributed by atoms with van der Waals surface area (Å²) in [6.45, 7) is 2.89. The minimum atomic E-state index is -3.28. The Morgan fingerprint density at radius 3 is 2.73 bits per heavy atom. The van der Waals surface area contributed by atoms with E-state index in [2.05, 4.69) is 0 Å². The monoisotopic (exact) mass is 246 g/mol. The van der Waals surface area contributed by atoms with Crippen LogP contribution in [0.15, 0.2) is 16.3 Å². The lowest BCUT2D eigenvalue weighted by molar-refractivity contribution is 0.474. The predicted octanol–water partition coefficient (Wildman–Crippen LogP) is 0.778. The lowest BCUT2D eigenvalue weighted by atomic mass is 10.3. The van der Waals surface area contributed by atoms with E-state index in [-0.39, 0.29) is 6.04 Å².